The first-order valence-corrected chi connectivity index (χ1v) is 3.62. The van der Waals surface area contributed by atoms with Crippen molar-refractivity contribution in [2.45, 2.75) is 32.6 Å². The molecule has 55 valence electrons. The van der Waals surface area contributed by atoms with Gasteiger partial charge in [-0.3, -0.25) is 0 Å². The summed E-state index contributed by atoms with van der Waals surface area (Å²) in [4.78, 5) is 0. The number of hydrogen-bond donors (Lipinski definition) is 0. The second kappa shape index (κ2) is 2.49. The molecule has 0 atom stereocenters. The van der Waals surface area contributed by atoms with Gasteiger partial charge in [-0.1, -0.05) is 20.8 Å². The average molecular weight is 137 g/mol. The summed E-state index contributed by atoms with van der Waals surface area (Å²) < 4.78 is 4.88. The lowest BCUT2D eigenvalue weighted by molar-refractivity contribution is 0.485. The standard InChI is InChI=1S/C9H13O/c1-4-9(2,3)8-5-6-10-7-8/h5-6H,4H2,1-3H3. The van der Waals surface area contributed by atoms with Gasteiger partial charge in [0.15, 0.2) is 6.26 Å². The predicted octanol–water partition coefficient (Wildman–Crippen LogP) is 2.77. The van der Waals surface area contributed by atoms with E-state index >= 15 is 0 Å². The maximum atomic E-state index is 4.88. The first-order valence-electron chi connectivity index (χ1n) is 3.62. The third-order valence-corrected chi connectivity index (χ3v) is 2.08. The topological polar surface area (TPSA) is 13.1 Å². The van der Waals surface area contributed by atoms with Gasteiger partial charge in [0, 0.05) is 5.56 Å². The van der Waals surface area contributed by atoms with E-state index in [1.165, 1.54) is 0 Å². The van der Waals surface area contributed by atoms with Crippen molar-refractivity contribution in [2.24, 2.45) is 0 Å². The van der Waals surface area contributed by atoms with Crippen molar-refractivity contribution in [3.63, 3.8) is 0 Å². The van der Waals surface area contributed by atoms with Crippen LogP contribution in [0.3, 0.4) is 0 Å². The highest BCUT2D eigenvalue weighted by Gasteiger charge is 2.18. The molecule has 0 N–H and O–H groups in total. The van der Waals surface area contributed by atoms with Gasteiger partial charge in [-0.15, -0.1) is 0 Å². The zero-order valence-corrected chi connectivity index (χ0v) is 6.77. The number of rotatable bonds is 2. The lowest BCUT2D eigenvalue weighted by Gasteiger charge is -2.19. The highest BCUT2D eigenvalue weighted by Crippen LogP contribution is 2.25. The molecule has 0 saturated heterocycles. The molecule has 0 bridgehead atoms. The summed E-state index contributed by atoms with van der Waals surface area (Å²) in [5, 5.41) is 0. The van der Waals surface area contributed by atoms with Gasteiger partial charge in [-0.05, 0) is 17.9 Å². The third-order valence-electron chi connectivity index (χ3n) is 2.08. The highest BCUT2D eigenvalue weighted by molar-refractivity contribution is 5.15. The molecule has 1 aromatic rings. The molecule has 0 unspecified atom stereocenters. The second-order valence-electron chi connectivity index (χ2n) is 3.17. The molecule has 0 spiro atoms. The SMILES string of the molecule is CCC(C)(C)c1[c]occ1. The largest absolute Gasteiger partial charge is 0.461 e. The van der Waals surface area contributed by atoms with E-state index in [9.17, 15) is 0 Å². The van der Waals surface area contributed by atoms with Crippen LogP contribution in [0.5, 0.6) is 0 Å². The molecule has 0 aliphatic carbocycles. The Morgan fingerprint density at radius 3 is 2.70 bits per heavy atom. The first kappa shape index (κ1) is 7.39. The van der Waals surface area contributed by atoms with E-state index in [4.69, 9.17) is 4.42 Å². The van der Waals surface area contributed by atoms with Crippen LogP contribution in [0.25, 0.3) is 0 Å². The zero-order valence-electron chi connectivity index (χ0n) is 6.77. The normalized spacial score (nSPS) is 11.9. The van der Waals surface area contributed by atoms with Gasteiger partial charge >= 0.3 is 0 Å². The molecule has 1 heteroatoms. The Bertz CT molecular complexity index is 185. The summed E-state index contributed by atoms with van der Waals surface area (Å²) in [5.41, 5.74) is 1.38. The van der Waals surface area contributed by atoms with Crippen molar-refractivity contribution in [3.05, 3.63) is 24.2 Å². The molecule has 1 radical (unpaired) electrons. The summed E-state index contributed by atoms with van der Waals surface area (Å²) in [6.07, 6.45) is 5.64. The Balaban J connectivity index is 2.85. The zero-order chi connectivity index (χ0) is 7.61. The van der Waals surface area contributed by atoms with Crippen molar-refractivity contribution < 1.29 is 4.42 Å². The average Bonchev–Trinajstić information content (AvgIpc) is 2.38. The Labute approximate surface area is 62.1 Å². The summed E-state index contributed by atoms with van der Waals surface area (Å²) in [5.74, 6) is 0. The Hall–Kier alpha value is -0.720. The van der Waals surface area contributed by atoms with Crippen LogP contribution in [0.4, 0.5) is 0 Å². The van der Waals surface area contributed by atoms with Gasteiger partial charge in [0.25, 0.3) is 0 Å². The van der Waals surface area contributed by atoms with Crippen molar-refractivity contribution in [2.75, 3.05) is 0 Å². The van der Waals surface area contributed by atoms with Gasteiger partial charge in [0.1, 0.15) is 0 Å². The van der Waals surface area contributed by atoms with E-state index in [1.54, 1.807) is 6.26 Å². The molecule has 0 amide bonds. The van der Waals surface area contributed by atoms with Gasteiger partial charge in [-0.2, -0.15) is 0 Å². The van der Waals surface area contributed by atoms with Crippen molar-refractivity contribution >= 4 is 0 Å². The fourth-order valence-electron chi connectivity index (χ4n) is 0.788. The fraction of sp³-hybridized carbons (Fsp3) is 0.556. The molecule has 1 rings (SSSR count). The summed E-state index contributed by atoms with van der Waals surface area (Å²) in [6.45, 7) is 6.55. The summed E-state index contributed by atoms with van der Waals surface area (Å²) in [7, 11) is 0. The van der Waals surface area contributed by atoms with Gasteiger partial charge in [0.05, 0.1) is 6.26 Å². The lowest BCUT2D eigenvalue weighted by Crippen LogP contribution is -2.13. The monoisotopic (exact) mass is 137 g/mol. The molecule has 0 fully saturated rings. The Kier molecular flexibility index (Phi) is 1.84. The minimum absolute atomic E-state index is 0.215. The lowest BCUT2D eigenvalue weighted by atomic mass is 9.84. The summed E-state index contributed by atoms with van der Waals surface area (Å²) >= 11 is 0. The minimum atomic E-state index is 0.215. The first-order chi connectivity index (χ1) is 4.67. The molecular weight excluding hydrogens is 124 g/mol. The van der Waals surface area contributed by atoms with Crippen LogP contribution in [0.15, 0.2) is 16.7 Å². The van der Waals surface area contributed by atoms with Crippen LogP contribution in [-0.2, 0) is 5.41 Å². The van der Waals surface area contributed by atoms with E-state index in [2.05, 4.69) is 27.0 Å². The van der Waals surface area contributed by atoms with E-state index in [-0.39, 0.29) is 5.41 Å². The predicted molar refractivity (Wildman–Crippen MR) is 40.9 cm³/mol. The molecular formula is C9H13O. The van der Waals surface area contributed by atoms with Gasteiger partial charge in [-0.25, -0.2) is 0 Å². The molecule has 1 heterocycles. The maximum absolute atomic E-state index is 4.88. The molecule has 0 aliphatic heterocycles. The van der Waals surface area contributed by atoms with Crippen molar-refractivity contribution in [1.29, 1.82) is 0 Å². The van der Waals surface area contributed by atoms with Crippen molar-refractivity contribution in [1.82, 2.24) is 0 Å². The van der Waals surface area contributed by atoms with Crippen LogP contribution in [-0.4, -0.2) is 0 Å². The molecule has 1 aromatic heterocycles. The Morgan fingerprint density at radius 1 is 1.60 bits per heavy atom. The van der Waals surface area contributed by atoms with Gasteiger partial charge in [0.2, 0.25) is 0 Å². The molecule has 0 saturated carbocycles. The molecule has 10 heavy (non-hydrogen) atoms. The number of furan rings is 1. The fourth-order valence-corrected chi connectivity index (χ4v) is 0.788. The van der Waals surface area contributed by atoms with Crippen LogP contribution in [0.1, 0.15) is 32.8 Å². The van der Waals surface area contributed by atoms with Crippen LogP contribution in [0.2, 0.25) is 0 Å². The smallest absolute Gasteiger partial charge is 0.173 e. The molecule has 0 aliphatic rings. The van der Waals surface area contributed by atoms with E-state index in [0.29, 0.717) is 0 Å². The van der Waals surface area contributed by atoms with E-state index in [1.807, 2.05) is 6.07 Å². The van der Waals surface area contributed by atoms with Crippen LogP contribution < -0.4 is 0 Å². The Morgan fingerprint density at radius 2 is 2.30 bits per heavy atom. The van der Waals surface area contributed by atoms with E-state index < -0.39 is 0 Å². The summed E-state index contributed by atoms with van der Waals surface area (Å²) in [6, 6.07) is 1.98. The van der Waals surface area contributed by atoms with Crippen molar-refractivity contribution in [3.8, 4) is 0 Å². The minimum Gasteiger partial charge on any atom is -0.461 e. The van der Waals surface area contributed by atoms with E-state index in [0.717, 1.165) is 12.0 Å². The molecule has 1 nitrogen and oxygen atoms in total. The quantitative estimate of drug-likeness (QED) is 0.611. The molecule has 0 aromatic carbocycles. The third kappa shape index (κ3) is 1.23. The highest BCUT2D eigenvalue weighted by atomic mass is 16.3. The van der Waals surface area contributed by atoms with Crippen LogP contribution >= 0.6 is 0 Å². The second-order valence-corrected chi connectivity index (χ2v) is 3.17. The van der Waals surface area contributed by atoms with Gasteiger partial charge < -0.3 is 4.42 Å². The van der Waals surface area contributed by atoms with Crippen LogP contribution in [0, 0.1) is 6.26 Å². The maximum Gasteiger partial charge on any atom is 0.173 e. The number of hydrogen-bond acceptors (Lipinski definition) is 1.